The fourth-order valence-corrected chi connectivity index (χ4v) is 4.40. The fraction of sp³-hybridized carbons (Fsp3) is 0.190. The minimum absolute atomic E-state index is 0.00539. The average Bonchev–Trinajstić information content (AvgIpc) is 3.27. The molecule has 9 heteroatoms. The summed E-state index contributed by atoms with van der Waals surface area (Å²) >= 11 is 0. The van der Waals surface area contributed by atoms with E-state index < -0.39 is 15.9 Å². The van der Waals surface area contributed by atoms with Crippen LogP contribution in [-0.4, -0.2) is 38.4 Å². The second kappa shape index (κ2) is 8.60. The van der Waals surface area contributed by atoms with Crippen LogP contribution >= 0.6 is 0 Å². The van der Waals surface area contributed by atoms with E-state index in [-0.39, 0.29) is 18.0 Å². The molecule has 0 unspecified atom stereocenters. The molecule has 0 saturated carbocycles. The van der Waals surface area contributed by atoms with Crippen molar-refractivity contribution in [2.75, 3.05) is 25.1 Å². The Balaban J connectivity index is 1.60. The van der Waals surface area contributed by atoms with Crippen LogP contribution in [0.25, 0.3) is 0 Å². The van der Waals surface area contributed by atoms with E-state index in [1.54, 1.807) is 42.5 Å². The summed E-state index contributed by atoms with van der Waals surface area (Å²) in [6.45, 7) is 0.272. The van der Waals surface area contributed by atoms with Gasteiger partial charge in [-0.1, -0.05) is 18.2 Å². The molecule has 1 N–H and O–H groups in total. The monoisotopic (exact) mass is 428 g/mol. The number of ether oxygens (including phenoxy) is 2. The third kappa shape index (κ3) is 4.47. The zero-order valence-electron chi connectivity index (χ0n) is 16.0. The highest BCUT2D eigenvalue weighted by molar-refractivity contribution is 7.89. The Hall–Kier alpha value is -3.30. The molecule has 0 atom stereocenters. The van der Waals surface area contributed by atoms with Gasteiger partial charge in [-0.2, -0.15) is 4.31 Å². The number of hydrogen-bond acceptors (Lipinski definition) is 6. The van der Waals surface area contributed by atoms with E-state index in [4.69, 9.17) is 13.9 Å². The predicted octanol–water partition coefficient (Wildman–Crippen LogP) is 2.88. The molecule has 2 heterocycles. The molecular formula is C21H20N2O6S. The van der Waals surface area contributed by atoms with Gasteiger partial charge in [0.05, 0.1) is 24.2 Å². The van der Waals surface area contributed by atoms with Gasteiger partial charge < -0.3 is 19.2 Å². The van der Waals surface area contributed by atoms with Gasteiger partial charge in [-0.15, -0.1) is 0 Å². The van der Waals surface area contributed by atoms with Crippen LogP contribution in [0.5, 0.6) is 11.5 Å². The maximum absolute atomic E-state index is 13.3. The molecule has 0 aliphatic carbocycles. The summed E-state index contributed by atoms with van der Waals surface area (Å²) in [7, 11) is -4.02. The third-order valence-corrected chi connectivity index (χ3v) is 6.23. The highest BCUT2D eigenvalue weighted by Gasteiger charge is 2.29. The van der Waals surface area contributed by atoms with Crippen LogP contribution in [0.15, 0.2) is 76.2 Å². The van der Waals surface area contributed by atoms with E-state index in [0.29, 0.717) is 36.2 Å². The second-order valence-electron chi connectivity index (χ2n) is 6.57. The number of benzene rings is 2. The van der Waals surface area contributed by atoms with E-state index in [0.717, 1.165) is 4.31 Å². The summed E-state index contributed by atoms with van der Waals surface area (Å²) in [6, 6.07) is 16.6. The first-order chi connectivity index (χ1) is 14.5. The fourth-order valence-electron chi connectivity index (χ4n) is 3.02. The summed E-state index contributed by atoms with van der Waals surface area (Å²) in [5.41, 5.74) is 0.581. The van der Waals surface area contributed by atoms with Crippen LogP contribution in [-0.2, 0) is 21.4 Å². The molecule has 1 aromatic heterocycles. The summed E-state index contributed by atoms with van der Waals surface area (Å²) in [5, 5.41) is 2.71. The standard InChI is InChI=1S/C21H20N2O6S/c24-21(22-16-5-2-1-3-6-16)15-23(14-17-7-4-10-27-17)30(25,26)18-8-9-19-20(13-18)29-12-11-28-19/h1-10,13H,11-12,14-15H2,(H,22,24). The lowest BCUT2D eigenvalue weighted by atomic mass is 10.3. The maximum Gasteiger partial charge on any atom is 0.244 e. The van der Waals surface area contributed by atoms with Crippen LogP contribution in [0.1, 0.15) is 5.76 Å². The van der Waals surface area contributed by atoms with Crippen molar-refractivity contribution in [1.29, 1.82) is 0 Å². The number of hydrogen-bond donors (Lipinski definition) is 1. The maximum atomic E-state index is 13.3. The first-order valence-corrected chi connectivity index (χ1v) is 10.7. The van der Waals surface area contributed by atoms with Crippen molar-refractivity contribution in [3.8, 4) is 11.5 Å². The van der Waals surface area contributed by atoms with Gasteiger partial charge in [-0.05, 0) is 36.4 Å². The number of furan rings is 1. The van der Waals surface area contributed by atoms with Crippen molar-refractivity contribution in [2.24, 2.45) is 0 Å². The van der Waals surface area contributed by atoms with Crippen molar-refractivity contribution >= 4 is 21.6 Å². The molecule has 1 aliphatic rings. The molecular weight excluding hydrogens is 408 g/mol. The van der Waals surface area contributed by atoms with Crippen LogP contribution < -0.4 is 14.8 Å². The largest absolute Gasteiger partial charge is 0.486 e. The van der Waals surface area contributed by atoms with Crippen molar-refractivity contribution in [2.45, 2.75) is 11.4 Å². The van der Waals surface area contributed by atoms with Gasteiger partial charge in [0.2, 0.25) is 15.9 Å². The molecule has 4 rings (SSSR count). The number of nitrogens with zero attached hydrogens (tertiary/aromatic N) is 1. The summed E-state index contributed by atoms with van der Waals surface area (Å²) < 4.78 is 44.0. The number of amides is 1. The van der Waals surface area contributed by atoms with Crippen molar-refractivity contribution in [1.82, 2.24) is 4.31 Å². The van der Waals surface area contributed by atoms with Crippen molar-refractivity contribution in [3.05, 3.63) is 72.7 Å². The quantitative estimate of drug-likeness (QED) is 0.621. The van der Waals surface area contributed by atoms with E-state index in [9.17, 15) is 13.2 Å². The van der Waals surface area contributed by atoms with Gasteiger partial charge in [-0.3, -0.25) is 4.79 Å². The Morgan fingerprint density at radius 3 is 2.47 bits per heavy atom. The summed E-state index contributed by atoms with van der Waals surface area (Å²) in [5.74, 6) is 0.797. The van der Waals surface area contributed by atoms with Crippen LogP contribution in [0, 0.1) is 0 Å². The topological polar surface area (TPSA) is 98.1 Å². The van der Waals surface area contributed by atoms with Gasteiger partial charge in [0, 0.05) is 11.8 Å². The Morgan fingerprint density at radius 2 is 1.73 bits per heavy atom. The Morgan fingerprint density at radius 1 is 0.967 bits per heavy atom. The molecule has 0 fully saturated rings. The number of fused-ring (bicyclic) bond motifs is 1. The number of carbonyl (C=O) groups excluding carboxylic acids is 1. The lowest BCUT2D eigenvalue weighted by Crippen LogP contribution is -2.37. The Kier molecular flexibility index (Phi) is 5.73. The van der Waals surface area contributed by atoms with E-state index in [1.807, 2.05) is 6.07 Å². The van der Waals surface area contributed by atoms with Gasteiger partial charge >= 0.3 is 0 Å². The molecule has 0 saturated heterocycles. The van der Waals surface area contributed by atoms with Crippen molar-refractivity contribution < 1.29 is 27.1 Å². The Labute approximate surface area is 174 Å². The minimum atomic E-state index is -4.02. The SMILES string of the molecule is O=C(CN(Cc1ccco1)S(=O)(=O)c1ccc2c(c1)OCCO2)Nc1ccccc1. The van der Waals surface area contributed by atoms with Crippen LogP contribution in [0.3, 0.4) is 0 Å². The van der Waals surface area contributed by atoms with Gasteiger partial charge in [0.15, 0.2) is 11.5 Å². The molecule has 1 amide bonds. The lowest BCUT2D eigenvalue weighted by molar-refractivity contribution is -0.116. The first kappa shape index (κ1) is 20.0. The summed E-state index contributed by atoms with van der Waals surface area (Å²) in [4.78, 5) is 12.6. The number of sulfonamides is 1. The molecule has 0 bridgehead atoms. The highest BCUT2D eigenvalue weighted by atomic mass is 32.2. The summed E-state index contributed by atoms with van der Waals surface area (Å²) in [6.07, 6.45) is 1.45. The number of nitrogens with one attached hydrogen (secondary N) is 1. The molecule has 3 aromatic rings. The molecule has 2 aromatic carbocycles. The number of para-hydroxylation sites is 1. The zero-order valence-corrected chi connectivity index (χ0v) is 16.8. The minimum Gasteiger partial charge on any atom is -0.486 e. The van der Waals surface area contributed by atoms with Crippen molar-refractivity contribution in [3.63, 3.8) is 0 Å². The van der Waals surface area contributed by atoms with Gasteiger partial charge in [-0.25, -0.2) is 8.42 Å². The second-order valence-corrected chi connectivity index (χ2v) is 8.51. The predicted molar refractivity (Wildman–Crippen MR) is 109 cm³/mol. The molecule has 0 spiro atoms. The lowest BCUT2D eigenvalue weighted by Gasteiger charge is -2.23. The third-order valence-electron chi connectivity index (χ3n) is 4.44. The molecule has 156 valence electrons. The molecule has 1 aliphatic heterocycles. The van der Waals surface area contributed by atoms with Gasteiger partial charge in [0.25, 0.3) is 0 Å². The van der Waals surface area contributed by atoms with E-state index in [2.05, 4.69) is 5.32 Å². The number of carbonyl (C=O) groups is 1. The normalized spacial score (nSPS) is 13.2. The average molecular weight is 428 g/mol. The molecule has 30 heavy (non-hydrogen) atoms. The smallest absolute Gasteiger partial charge is 0.244 e. The van der Waals surface area contributed by atoms with Gasteiger partial charge in [0.1, 0.15) is 19.0 Å². The van der Waals surface area contributed by atoms with E-state index >= 15 is 0 Å². The Bertz CT molecular complexity index is 1110. The van der Waals surface area contributed by atoms with E-state index in [1.165, 1.54) is 18.4 Å². The highest BCUT2D eigenvalue weighted by Crippen LogP contribution is 2.33. The van der Waals surface area contributed by atoms with Crippen LogP contribution in [0.2, 0.25) is 0 Å². The first-order valence-electron chi connectivity index (χ1n) is 9.29. The zero-order chi connectivity index (χ0) is 21.0. The van der Waals surface area contributed by atoms with Crippen LogP contribution in [0.4, 0.5) is 5.69 Å². The molecule has 8 nitrogen and oxygen atoms in total. The molecule has 0 radical (unpaired) electrons. The number of anilines is 1. The number of rotatable bonds is 7.